The van der Waals surface area contributed by atoms with E-state index in [2.05, 4.69) is 6.92 Å². The molecule has 27 heavy (non-hydrogen) atoms. The molecule has 5 nitrogen and oxygen atoms in total. The SMILES string of the molecule is CC[C@H]1CCCCN1C(=O)COC(=O)c1ccc(-c2ccc(O)cc2)cc1. The van der Waals surface area contributed by atoms with Crippen molar-refractivity contribution < 1.29 is 19.4 Å². The van der Waals surface area contributed by atoms with E-state index in [-0.39, 0.29) is 24.3 Å². The van der Waals surface area contributed by atoms with Gasteiger partial charge in [0.05, 0.1) is 5.56 Å². The topological polar surface area (TPSA) is 66.8 Å². The van der Waals surface area contributed by atoms with Crippen LogP contribution in [0.15, 0.2) is 48.5 Å². The van der Waals surface area contributed by atoms with Crippen molar-refractivity contribution in [2.75, 3.05) is 13.2 Å². The maximum atomic E-state index is 12.4. The number of nitrogens with zero attached hydrogens (tertiary/aromatic N) is 1. The fourth-order valence-electron chi connectivity index (χ4n) is 3.50. The number of esters is 1. The summed E-state index contributed by atoms with van der Waals surface area (Å²) in [4.78, 5) is 26.5. The highest BCUT2D eigenvalue weighted by Gasteiger charge is 2.26. The summed E-state index contributed by atoms with van der Waals surface area (Å²) in [6.07, 6.45) is 4.11. The molecule has 5 heteroatoms. The lowest BCUT2D eigenvalue weighted by molar-refractivity contribution is -0.138. The van der Waals surface area contributed by atoms with E-state index >= 15 is 0 Å². The molecule has 0 spiro atoms. The molecule has 1 N–H and O–H groups in total. The van der Waals surface area contributed by atoms with E-state index in [1.165, 1.54) is 0 Å². The number of phenols is 1. The Balaban J connectivity index is 1.58. The van der Waals surface area contributed by atoms with Crippen LogP contribution in [0.5, 0.6) is 5.75 Å². The van der Waals surface area contributed by atoms with Gasteiger partial charge in [-0.05, 0) is 61.1 Å². The molecule has 1 aliphatic heterocycles. The van der Waals surface area contributed by atoms with Gasteiger partial charge < -0.3 is 14.7 Å². The highest BCUT2D eigenvalue weighted by atomic mass is 16.5. The number of likely N-dealkylation sites (tertiary alicyclic amines) is 1. The molecule has 2 aromatic rings. The highest BCUT2D eigenvalue weighted by Crippen LogP contribution is 2.23. The smallest absolute Gasteiger partial charge is 0.338 e. The van der Waals surface area contributed by atoms with Gasteiger partial charge >= 0.3 is 5.97 Å². The Labute approximate surface area is 159 Å². The number of hydrogen-bond acceptors (Lipinski definition) is 4. The predicted octanol–water partition coefficient (Wildman–Crippen LogP) is 4.01. The summed E-state index contributed by atoms with van der Waals surface area (Å²) in [5.41, 5.74) is 2.29. The molecule has 3 rings (SSSR count). The van der Waals surface area contributed by atoms with Crippen LogP contribution in [0, 0.1) is 0 Å². The van der Waals surface area contributed by atoms with Gasteiger partial charge in [-0.2, -0.15) is 0 Å². The minimum absolute atomic E-state index is 0.115. The van der Waals surface area contributed by atoms with E-state index < -0.39 is 5.97 Å². The number of benzene rings is 2. The fourth-order valence-corrected chi connectivity index (χ4v) is 3.50. The Morgan fingerprint density at radius 3 is 2.30 bits per heavy atom. The van der Waals surface area contributed by atoms with Crippen molar-refractivity contribution in [2.45, 2.75) is 38.6 Å². The molecule has 0 bridgehead atoms. The molecular formula is C22H25NO4. The number of rotatable bonds is 5. The second kappa shape index (κ2) is 8.71. The van der Waals surface area contributed by atoms with Gasteiger partial charge in [-0.15, -0.1) is 0 Å². The largest absolute Gasteiger partial charge is 0.508 e. The molecule has 0 saturated carbocycles. The molecule has 0 aromatic heterocycles. The highest BCUT2D eigenvalue weighted by molar-refractivity contribution is 5.92. The summed E-state index contributed by atoms with van der Waals surface area (Å²) in [6, 6.07) is 14.1. The van der Waals surface area contributed by atoms with E-state index in [9.17, 15) is 14.7 Å². The summed E-state index contributed by atoms with van der Waals surface area (Å²) in [5, 5.41) is 9.36. The Morgan fingerprint density at radius 2 is 1.67 bits per heavy atom. The molecule has 0 aliphatic carbocycles. The van der Waals surface area contributed by atoms with Gasteiger partial charge in [0, 0.05) is 12.6 Å². The second-order valence-corrected chi connectivity index (χ2v) is 6.85. The summed E-state index contributed by atoms with van der Waals surface area (Å²) < 4.78 is 5.23. The molecular weight excluding hydrogens is 342 g/mol. The molecule has 142 valence electrons. The van der Waals surface area contributed by atoms with Gasteiger partial charge in [0.1, 0.15) is 5.75 Å². The standard InChI is InChI=1S/C22H25NO4/c1-2-19-5-3-4-14-23(19)21(25)15-27-22(26)18-8-6-16(7-9-18)17-10-12-20(24)13-11-17/h6-13,19,24H,2-5,14-15H2,1H3/t19-/m0/s1. The molecule has 1 atom stereocenters. The average molecular weight is 367 g/mol. The van der Waals surface area contributed by atoms with Crippen molar-refractivity contribution >= 4 is 11.9 Å². The molecule has 1 heterocycles. The lowest BCUT2D eigenvalue weighted by Gasteiger charge is -2.35. The van der Waals surface area contributed by atoms with Gasteiger partial charge in [-0.1, -0.05) is 31.2 Å². The van der Waals surface area contributed by atoms with Crippen LogP contribution in [-0.4, -0.2) is 41.1 Å². The third-order valence-corrected chi connectivity index (χ3v) is 5.07. The lowest BCUT2D eigenvalue weighted by Crippen LogP contribution is -2.45. The van der Waals surface area contributed by atoms with Crippen LogP contribution in [0.1, 0.15) is 43.0 Å². The molecule has 1 saturated heterocycles. The van der Waals surface area contributed by atoms with Gasteiger partial charge in [0.2, 0.25) is 0 Å². The van der Waals surface area contributed by atoms with Crippen LogP contribution in [-0.2, 0) is 9.53 Å². The molecule has 1 fully saturated rings. The second-order valence-electron chi connectivity index (χ2n) is 6.85. The minimum atomic E-state index is -0.495. The van der Waals surface area contributed by atoms with Gasteiger partial charge in [0.15, 0.2) is 6.61 Å². The number of carbonyl (C=O) groups is 2. The third-order valence-electron chi connectivity index (χ3n) is 5.07. The quantitative estimate of drug-likeness (QED) is 0.811. The van der Waals surface area contributed by atoms with Crippen LogP contribution >= 0.6 is 0 Å². The summed E-state index contributed by atoms with van der Waals surface area (Å²) in [6.45, 7) is 2.61. The summed E-state index contributed by atoms with van der Waals surface area (Å²) in [5.74, 6) is -0.399. The van der Waals surface area contributed by atoms with Crippen molar-refractivity contribution in [3.63, 3.8) is 0 Å². The van der Waals surface area contributed by atoms with E-state index in [0.29, 0.717) is 5.56 Å². The minimum Gasteiger partial charge on any atom is -0.508 e. The van der Waals surface area contributed by atoms with Crippen molar-refractivity contribution in [1.82, 2.24) is 4.90 Å². The first kappa shape index (κ1) is 19.0. The van der Waals surface area contributed by atoms with Crippen molar-refractivity contribution in [3.05, 3.63) is 54.1 Å². The van der Waals surface area contributed by atoms with Crippen molar-refractivity contribution in [3.8, 4) is 16.9 Å². The maximum Gasteiger partial charge on any atom is 0.338 e. The molecule has 1 amide bonds. The summed E-state index contributed by atoms with van der Waals surface area (Å²) in [7, 11) is 0. The van der Waals surface area contributed by atoms with Gasteiger partial charge in [-0.25, -0.2) is 4.79 Å². The molecule has 0 unspecified atom stereocenters. The van der Waals surface area contributed by atoms with Gasteiger partial charge in [0.25, 0.3) is 5.91 Å². The Hall–Kier alpha value is -2.82. The van der Waals surface area contributed by atoms with Crippen LogP contribution in [0.25, 0.3) is 11.1 Å². The van der Waals surface area contributed by atoms with Gasteiger partial charge in [-0.3, -0.25) is 4.79 Å². The van der Waals surface area contributed by atoms with Crippen LogP contribution < -0.4 is 0 Å². The van der Waals surface area contributed by atoms with Crippen LogP contribution in [0.4, 0.5) is 0 Å². The number of aromatic hydroxyl groups is 1. The predicted molar refractivity (Wildman–Crippen MR) is 103 cm³/mol. The Morgan fingerprint density at radius 1 is 1.04 bits per heavy atom. The molecule has 1 aliphatic rings. The van der Waals surface area contributed by atoms with E-state index in [4.69, 9.17) is 4.74 Å². The van der Waals surface area contributed by atoms with Crippen molar-refractivity contribution in [2.24, 2.45) is 0 Å². The van der Waals surface area contributed by atoms with Crippen LogP contribution in [0.3, 0.4) is 0 Å². The number of carbonyl (C=O) groups excluding carboxylic acids is 2. The zero-order chi connectivity index (χ0) is 19.2. The van der Waals surface area contributed by atoms with E-state index in [1.807, 2.05) is 29.2 Å². The Bertz CT molecular complexity index is 783. The number of hydrogen-bond donors (Lipinski definition) is 1. The first-order valence-corrected chi connectivity index (χ1v) is 9.44. The fraction of sp³-hybridized carbons (Fsp3) is 0.364. The lowest BCUT2D eigenvalue weighted by atomic mass is 10.00. The number of amides is 1. The third kappa shape index (κ3) is 4.67. The monoisotopic (exact) mass is 367 g/mol. The first-order valence-electron chi connectivity index (χ1n) is 9.44. The van der Waals surface area contributed by atoms with E-state index in [1.54, 1.807) is 24.3 Å². The molecule has 0 radical (unpaired) electrons. The Kier molecular flexibility index (Phi) is 6.12. The zero-order valence-corrected chi connectivity index (χ0v) is 15.6. The number of ether oxygens (including phenoxy) is 1. The number of piperidine rings is 1. The average Bonchev–Trinajstić information content (AvgIpc) is 2.72. The normalized spacial score (nSPS) is 16.8. The maximum absolute atomic E-state index is 12.4. The van der Waals surface area contributed by atoms with Crippen LogP contribution in [0.2, 0.25) is 0 Å². The van der Waals surface area contributed by atoms with E-state index in [0.717, 1.165) is 43.4 Å². The first-order chi connectivity index (χ1) is 13.1. The van der Waals surface area contributed by atoms with Crippen molar-refractivity contribution in [1.29, 1.82) is 0 Å². The number of phenolic OH excluding ortho intramolecular Hbond substituents is 1. The summed E-state index contributed by atoms with van der Waals surface area (Å²) >= 11 is 0. The molecule has 2 aromatic carbocycles. The zero-order valence-electron chi connectivity index (χ0n) is 15.6.